The van der Waals surface area contributed by atoms with Gasteiger partial charge >= 0.3 is 0 Å². The molecule has 1 N–H and O–H groups in total. The van der Waals surface area contributed by atoms with Crippen molar-refractivity contribution < 1.29 is 4.74 Å². The van der Waals surface area contributed by atoms with Gasteiger partial charge in [0.05, 0.1) is 12.2 Å². The molecule has 0 amide bonds. The molecule has 0 aliphatic carbocycles. The van der Waals surface area contributed by atoms with E-state index in [1.807, 2.05) is 0 Å². The summed E-state index contributed by atoms with van der Waals surface area (Å²) in [6, 6.07) is 1.39. The van der Waals surface area contributed by atoms with Crippen molar-refractivity contribution in [1.29, 1.82) is 0 Å². The van der Waals surface area contributed by atoms with Crippen LogP contribution in [0.25, 0.3) is 0 Å². The smallest absolute Gasteiger partial charge is 0.0733 e. The van der Waals surface area contributed by atoms with Crippen LogP contribution in [0.2, 0.25) is 0 Å². The summed E-state index contributed by atoms with van der Waals surface area (Å²) >= 11 is 0. The number of nitrogens with one attached hydrogen (secondary N) is 1. The lowest BCUT2D eigenvalue weighted by Crippen LogP contribution is -2.44. The molecule has 3 aliphatic rings. The molecule has 3 heterocycles. The zero-order valence-electron chi connectivity index (χ0n) is 11.0. The molecule has 0 saturated carbocycles. The van der Waals surface area contributed by atoms with Gasteiger partial charge in [0.1, 0.15) is 0 Å². The summed E-state index contributed by atoms with van der Waals surface area (Å²) in [5.74, 6) is 0. The van der Waals surface area contributed by atoms with Gasteiger partial charge in [-0.05, 0) is 58.2 Å². The normalized spacial score (nSPS) is 42.9. The third-order valence-corrected chi connectivity index (χ3v) is 4.82. The number of ether oxygens (including phenoxy) is 1. The van der Waals surface area contributed by atoms with E-state index in [4.69, 9.17) is 4.74 Å². The molecule has 3 aliphatic heterocycles. The van der Waals surface area contributed by atoms with Crippen LogP contribution in [0.4, 0.5) is 0 Å². The molecule has 3 rings (SSSR count). The second-order valence-corrected chi connectivity index (χ2v) is 5.94. The zero-order chi connectivity index (χ0) is 11.7. The second-order valence-electron chi connectivity index (χ2n) is 5.94. The molecule has 2 bridgehead atoms. The van der Waals surface area contributed by atoms with E-state index < -0.39 is 0 Å². The van der Waals surface area contributed by atoms with Crippen molar-refractivity contribution in [2.75, 3.05) is 19.6 Å². The number of likely N-dealkylation sites (tertiary alicyclic amines) is 1. The van der Waals surface area contributed by atoms with E-state index in [1.165, 1.54) is 58.2 Å². The van der Waals surface area contributed by atoms with Gasteiger partial charge in [-0.25, -0.2) is 0 Å². The SMILES string of the molecule is CCN1CCCC(NC2CC3CCC2O3)CC1. The second kappa shape index (κ2) is 5.25. The predicted octanol–water partition coefficient (Wildman–Crippen LogP) is 1.77. The topological polar surface area (TPSA) is 24.5 Å². The quantitative estimate of drug-likeness (QED) is 0.811. The largest absolute Gasteiger partial charge is 0.373 e. The number of nitrogens with zero attached hydrogens (tertiary/aromatic N) is 1. The van der Waals surface area contributed by atoms with Crippen molar-refractivity contribution in [2.45, 2.75) is 69.7 Å². The molecule has 98 valence electrons. The molecule has 0 aromatic heterocycles. The van der Waals surface area contributed by atoms with Gasteiger partial charge in [0.2, 0.25) is 0 Å². The lowest BCUT2D eigenvalue weighted by Gasteiger charge is -2.26. The fraction of sp³-hybridized carbons (Fsp3) is 1.00. The van der Waals surface area contributed by atoms with E-state index in [9.17, 15) is 0 Å². The Morgan fingerprint density at radius 3 is 2.82 bits per heavy atom. The third-order valence-electron chi connectivity index (χ3n) is 4.82. The summed E-state index contributed by atoms with van der Waals surface area (Å²) in [7, 11) is 0. The van der Waals surface area contributed by atoms with Gasteiger partial charge in [-0.15, -0.1) is 0 Å². The molecule has 0 aromatic rings. The minimum absolute atomic E-state index is 0.533. The van der Waals surface area contributed by atoms with Gasteiger partial charge in [-0.2, -0.15) is 0 Å². The molecule has 3 heteroatoms. The molecule has 3 nitrogen and oxygen atoms in total. The standard InChI is InChI=1S/C14H26N2O/c1-2-16-8-3-4-11(7-9-16)15-13-10-12-5-6-14(13)17-12/h11-15H,2-10H2,1H3. The summed E-state index contributed by atoms with van der Waals surface area (Å²) in [5.41, 5.74) is 0. The van der Waals surface area contributed by atoms with Gasteiger partial charge in [-0.3, -0.25) is 0 Å². The molecular formula is C14H26N2O. The lowest BCUT2D eigenvalue weighted by atomic mass is 9.94. The van der Waals surface area contributed by atoms with E-state index in [0.717, 1.165) is 6.04 Å². The fourth-order valence-electron chi connectivity index (χ4n) is 3.75. The summed E-state index contributed by atoms with van der Waals surface area (Å²) in [5, 5.41) is 3.88. The van der Waals surface area contributed by atoms with Crippen LogP contribution in [0.3, 0.4) is 0 Å². The maximum atomic E-state index is 5.93. The number of rotatable bonds is 3. The first kappa shape index (κ1) is 11.9. The first-order chi connectivity index (χ1) is 8.35. The Morgan fingerprint density at radius 2 is 2.12 bits per heavy atom. The van der Waals surface area contributed by atoms with Crippen LogP contribution in [-0.4, -0.2) is 48.8 Å². The molecule has 0 spiro atoms. The van der Waals surface area contributed by atoms with Gasteiger partial charge < -0.3 is 15.0 Å². The Labute approximate surface area is 105 Å². The maximum Gasteiger partial charge on any atom is 0.0733 e. The Morgan fingerprint density at radius 1 is 1.18 bits per heavy atom. The molecule has 3 fully saturated rings. The van der Waals surface area contributed by atoms with E-state index in [1.54, 1.807) is 0 Å². The van der Waals surface area contributed by atoms with E-state index in [2.05, 4.69) is 17.1 Å². The fourth-order valence-corrected chi connectivity index (χ4v) is 3.75. The number of fused-ring (bicyclic) bond motifs is 2. The molecule has 3 saturated heterocycles. The Kier molecular flexibility index (Phi) is 3.69. The highest BCUT2D eigenvalue weighted by atomic mass is 16.5. The van der Waals surface area contributed by atoms with Crippen molar-refractivity contribution in [2.24, 2.45) is 0 Å². The van der Waals surface area contributed by atoms with Crippen molar-refractivity contribution in [3.8, 4) is 0 Å². The molecule has 4 atom stereocenters. The minimum atomic E-state index is 0.533. The first-order valence-corrected chi connectivity index (χ1v) is 7.49. The highest BCUT2D eigenvalue weighted by Gasteiger charge is 2.41. The van der Waals surface area contributed by atoms with Crippen molar-refractivity contribution in [1.82, 2.24) is 10.2 Å². The van der Waals surface area contributed by atoms with E-state index in [-0.39, 0.29) is 0 Å². The van der Waals surface area contributed by atoms with Gasteiger partial charge in [-0.1, -0.05) is 6.92 Å². The average molecular weight is 238 g/mol. The van der Waals surface area contributed by atoms with Crippen molar-refractivity contribution in [3.63, 3.8) is 0 Å². The van der Waals surface area contributed by atoms with Crippen LogP contribution in [0.1, 0.15) is 45.4 Å². The Hall–Kier alpha value is -0.120. The van der Waals surface area contributed by atoms with Crippen LogP contribution in [0.15, 0.2) is 0 Å². The molecule has 0 aromatic carbocycles. The van der Waals surface area contributed by atoms with Crippen molar-refractivity contribution in [3.05, 3.63) is 0 Å². The Balaban J connectivity index is 1.48. The first-order valence-electron chi connectivity index (χ1n) is 7.49. The Bertz CT molecular complexity index is 259. The summed E-state index contributed by atoms with van der Waals surface area (Å²) < 4.78 is 5.93. The molecule has 0 radical (unpaired) electrons. The summed E-state index contributed by atoms with van der Waals surface area (Å²) in [4.78, 5) is 2.58. The lowest BCUT2D eigenvalue weighted by molar-refractivity contribution is 0.0956. The zero-order valence-corrected chi connectivity index (χ0v) is 11.0. The highest BCUT2D eigenvalue weighted by Crippen LogP contribution is 2.34. The summed E-state index contributed by atoms with van der Waals surface area (Å²) in [6.45, 7) is 6.05. The third kappa shape index (κ3) is 2.67. The van der Waals surface area contributed by atoms with Crippen LogP contribution >= 0.6 is 0 Å². The van der Waals surface area contributed by atoms with Gasteiger partial charge in [0.15, 0.2) is 0 Å². The van der Waals surface area contributed by atoms with Gasteiger partial charge in [0, 0.05) is 12.1 Å². The van der Waals surface area contributed by atoms with Gasteiger partial charge in [0.25, 0.3) is 0 Å². The van der Waals surface area contributed by atoms with Crippen LogP contribution in [-0.2, 0) is 4.74 Å². The van der Waals surface area contributed by atoms with Crippen LogP contribution in [0.5, 0.6) is 0 Å². The average Bonchev–Trinajstić information content (AvgIpc) is 2.87. The van der Waals surface area contributed by atoms with E-state index >= 15 is 0 Å². The number of hydrogen-bond acceptors (Lipinski definition) is 3. The van der Waals surface area contributed by atoms with Crippen LogP contribution < -0.4 is 5.32 Å². The summed E-state index contributed by atoms with van der Waals surface area (Å²) in [6.07, 6.45) is 8.99. The monoisotopic (exact) mass is 238 g/mol. The number of hydrogen-bond donors (Lipinski definition) is 1. The van der Waals surface area contributed by atoms with E-state index in [0.29, 0.717) is 18.2 Å². The molecular weight excluding hydrogens is 212 g/mol. The minimum Gasteiger partial charge on any atom is -0.373 e. The molecule has 17 heavy (non-hydrogen) atoms. The predicted molar refractivity (Wildman–Crippen MR) is 69.2 cm³/mol. The molecule has 4 unspecified atom stereocenters. The maximum absolute atomic E-state index is 5.93. The van der Waals surface area contributed by atoms with Crippen molar-refractivity contribution >= 4 is 0 Å². The van der Waals surface area contributed by atoms with Crippen LogP contribution in [0, 0.1) is 0 Å². The highest BCUT2D eigenvalue weighted by molar-refractivity contribution is 4.95.